The van der Waals surface area contributed by atoms with Gasteiger partial charge in [0, 0.05) is 11.8 Å². The van der Waals surface area contributed by atoms with Crippen LogP contribution in [0.3, 0.4) is 0 Å². The normalized spacial score (nSPS) is 15.3. The van der Waals surface area contributed by atoms with Crippen molar-refractivity contribution in [2.45, 2.75) is 25.7 Å². The van der Waals surface area contributed by atoms with Gasteiger partial charge in [0.1, 0.15) is 5.69 Å². The number of hydrogen-bond donors (Lipinski definition) is 2. The maximum Gasteiger partial charge on any atom is 0.226 e. The highest BCUT2D eigenvalue weighted by Crippen LogP contribution is 2.25. The van der Waals surface area contributed by atoms with Gasteiger partial charge in [-0.15, -0.1) is 23.7 Å². The van der Waals surface area contributed by atoms with E-state index in [1.165, 1.54) is 24.2 Å². The number of furan rings is 1. The Kier molecular flexibility index (Phi) is 6.42. The maximum atomic E-state index is 12.0. The van der Waals surface area contributed by atoms with E-state index in [9.17, 15) is 4.79 Å². The lowest BCUT2D eigenvalue weighted by Gasteiger charge is -2.21. The smallest absolute Gasteiger partial charge is 0.226 e. The quantitative estimate of drug-likeness (QED) is 0.872. The summed E-state index contributed by atoms with van der Waals surface area (Å²) in [5, 5.41) is 8.74. The van der Waals surface area contributed by atoms with Crippen molar-refractivity contribution in [1.29, 1.82) is 0 Å². The SMILES string of the molecule is Cl.O=C(CCC1CCNCC1)Nc1nc(-c2ccco2)cs1. The zero-order valence-corrected chi connectivity index (χ0v) is 13.8. The highest BCUT2D eigenvalue weighted by atomic mass is 35.5. The van der Waals surface area contributed by atoms with Crippen LogP contribution in [-0.4, -0.2) is 24.0 Å². The predicted octanol–water partition coefficient (Wildman–Crippen LogP) is 3.54. The number of thiazole rings is 1. The van der Waals surface area contributed by atoms with Gasteiger partial charge in [-0.3, -0.25) is 4.79 Å². The highest BCUT2D eigenvalue weighted by Gasteiger charge is 2.15. The third-order valence-electron chi connectivity index (χ3n) is 3.76. The van der Waals surface area contributed by atoms with E-state index in [0.717, 1.165) is 31.0 Å². The number of aromatic nitrogens is 1. The fourth-order valence-corrected chi connectivity index (χ4v) is 3.27. The lowest BCUT2D eigenvalue weighted by Crippen LogP contribution is -2.28. The third-order valence-corrected chi connectivity index (χ3v) is 4.52. The summed E-state index contributed by atoms with van der Waals surface area (Å²) in [4.78, 5) is 16.3. The number of nitrogens with zero attached hydrogens (tertiary/aromatic N) is 1. The van der Waals surface area contributed by atoms with E-state index in [-0.39, 0.29) is 18.3 Å². The van der Waals surface area contributed by atoms with Gasteiger partial charge in [0.2, 0.25) is 5.91 Å². The summed E-state index contributed by atoms with van der Waals surface area (Å²) in [5.41, 5.74) is 0.763. The molecule has 2 aromatic rings. The number of amides is 1. The van der Waals surface area contributed by atoms with E-state index in [1.807, 2.05) is 17.5 Å². The third kappa shape index (κ3) is 4.56. The minimum absolute atomic E-state index is 0. The molecule has 1 aliphatic rings. The van der Waals surface area contributed by atoms with Crippen LogP contribution in [0.5, 0.6) is 0 Å². The minimum Gasteiger partial charge on any atom is -0.463 e. The fourth-order valence-electron chi connectivity index (χ4n) is 2.56. The molecule has 3 rings (SSSR count). The van der Waals surface area contributed by atoms with Crippen LogP contribution in [0.4, 0.5) is 5.13 Å². The molecule has 7 heteroatoms. The molecular weight excluding hydrogens is 322 g/mol. The molecule has 5 nitrogen and oxygen atoms in total. The number of anilines is 1. The summed E-state index contributed by atoms with van der Waals surface area (Å²) in [6, 6.07) is 3.68. The van der Waals surface area contributed by atoms with Crippen LogP contribution in [0.15, 0.2) is 28.2 Å². The van der Waals surface area contributed by atoms with Gasteiger partial charge in [0.05, 0.1) is 6.26 Å². The molecule has 1 saturated heterocycles. The van der Waals surface area contributed by atoms with Crippen LogP contribution in [0.25, 0.3) is 11.5 Å². The van der Waals surface area contributed by atoms with Crippen LogP contribution in [0.2, 0.25) is 0 Å². The molecule has 0 bridgehead atoms. The van der Waals surface area contributed by atoms with E-state index in [2.05, 4.69) is 15.6 Å². The Hall–Kier alpha value is -1.37. The molecule has 120 valence electrons. The second-order valence-electron chi connectivity index (χ2n) is 5.30. The molecule has 22 heavy (non-hydrogen) atoms. The van der Waals surface area contributed by atoms with Gasteiger partial charge in [-0.2, -0.15) is 0 Å². The number of carbonyl (C=O) groups is 1. The topological polar surface area (TPSA) is 67.2 Å². The van der Waals surface area contributed by atoms with E-state index in [0.29, 0.717) is 17.5 Å². The van der Waals surface area contributed by atoms with E-state index in [4.69, 9.17) is 4.42 Å². The highest BCUT2D eigenvalue weighted by molar-refractivity contribution is 7.14. The lowest BCUT2D eigenvalue weighted by atomic mass is 9.93. The zero-order chi connectivity index (χ0) is 14.5. The monoisotopic (exact) mass is 341 g/mol. The van der Waals surface area contributed by atoms with Gasteiger partial charge in [-0.25, -0.2) is 4.98 Å². The summed E-state index contributed by atoms with van der Waals surface area (Å²) in [7, 11) is 0. The minimum atomic E-state index is 0. The van der Waals surface area contributed by atoms with Crippen molar-refractivity contribution >= 4 is 34.8 Å². The Balaban J connectivity index is 0.00000176. The van der Waals surface area contributed by atoms with Gasteiger partial charge in [-0.1, -0.05) is 0 Å². The Labute approximate surface area is 139 Å². The van der Waals surface area contributed by atoms with Gasteiger partial charge >= 0.3 is 0 Å². The fraction of sp³-hybridized carbons (Fsp3) is 0.467. The Morgan fingerprint density at radius 2 is 2.27 bits per heavy atom. The average Bonchev–Trinajstić information content (AvgIpc) is 3.17. The number of hydrogen-bond acceptors (Lipinski definition) is 5. The van der Waals surface area contributed by atoms with Crippen molar-refractivity contribution in [2.24, 2.45) is 5.92 Å². The molecule has 2 aromatic heterocycles. The average molecular weight is 342 g/mol. The molecule has 0 aromatic carbocycles. The molecule has 0 unspecified atom stereocenters. The Morgan fingerprint density at radius 1 is 1.45 bits per heavy atom. The number of piperidine rings is 1. The maximum absolute atomic E-state index is 12.0. The van der Waals surface area contributed by atoms with Gasteiger partial charge in [0.15, 0.2) is 10.9 Å². The first-order valence-electron chi connectivity index (χ1n) is 7.31. The number of halogens is 1. The van der Waals surface area contributed by atoms with Crippen molar-refractivity contribution in [3.8, 4) is 11.5 Å². The van der Waals surface area contributed by atoms with Gasteiger partial charge < -0.3 is 15.1 Å². The number of nitrogens with one attached hydrogen (secondary N) is 2. The molecule has 1 amide bonds. The van der Waals surface area contributed by atoms with Crippen LogP contribution in [0, 0.1) is 5.92 Å². The van der Waals surface area contributed by atoms with E-state index >= 15 is 0 Å². The zero-order valence-electron chi connectivity index (χ0n) is 12.2. The number of carbonyl (C=O) groups excluding carboxylic acids is 1. The first-order valence-corrected chi connectivity index (χ1v) is 8.19. The molecule has 0 atom stereocenters. The summed E-state index contributed by atoms with van der Waals surface area (Å²) in [6.07, 6.45) is 5.50. The van der Waals surface area contributed by atoms with Crippen molar-refractivity contribution in [3.05, 3.63) is 23.8 Å². The van der Waals surface area contributed by atoms with Crippen molar-refractivity contribution in [1.82, 2.24) is 10.3 Å². The second-order valence-corrected chi connectivity index (χ2v) is 6.15. The standard InChI is InChI=1S/C15H19N3O2S.ClH/c19-14(4-3-11-5-7-16-8-6-11)18-15-17-12(10-21-15)13-2-1-9-20-13;/h1-2,9-11,16H,3-8H2,(H,17,18,19);1H. The van der Waals surface area contributed by atoms with Crippen molar-refractivity contribution in [3.63, 3.8) is 0 Å². The Bertz CT molecular complexity index is 579. The molecular formula is C15H20ClN3O2S. The van der Waals surface area contributed by atoms with E-state index < -0.39 is 0 Å². The first kappa shape index (κ1) is 17.0. The van der Waals surface area contributed by atoms with Crippen LogP contribution in [-0.2, 0) is 4.79 Å². The van der Waals surface area contributed by atoms with Crippen LogP contribution in [0.1, 0.15) is 25.7 Å². The van der Waals surface area contributed by atoms with Crippen molar-refractivity contribution < 1.29 is 9.21 Å². The van der Waals surface area contributed by atoms with E-state index in [1.54, 1.807) is 6.26 Å². The molecule has 0 aliphatic carbocycles. The summed E-state index contributed by atoms with van der Waals surface area (Å²) in [6.45, 7) is 2.15. The molecule has 1 fully saturated rings. The summed E-state index contributed by atoms with van der Waals surface area (Å²) < 4.78 is 5.29. The summed E-state index contributed by atoms with van der Waals surface area (Å²) in [5.74, 6) is 1.45. The largest absolute Gasteiger partial charge is 0.463 e. The lowest BCUT2D eigenvalue weighted by molar-refractivity contribution is -0.116. The Morgan fingerprint density at radius 3 is 3.00 bits per heavy atom. The van der Waals surface area contributed by atoms with Gasteiger partial charge in [0.25, 0.3) is 0 Å². The van der Waals surface area contributed by atoms with Crippen LogP contribution < -0.4 is 10.6 Å². The van der Waals surface area contributed by atoms with Crippen molar-refractivity contribution in [2.75, 3.05) is 18.4 Å². The predicted molar refractivity (Wildman–Crippen MR) is 90.5 cm³/mol. The molecule has 3 heterocycles. The number of rotatable bonds is 5. The molecule has 0 radical (unpaired) electrons. The molecule has 0 spiro atoms. The molecule has 1 aliphatic heterocycles. The first-order chi connectivity index (χ1) is 10.3. The van der Waals surface area contributed by atoms with Crippen LogP contribution >= 0.6 is 23.7 Å². The molecule has 2 N–H and O–H groups in total. The summed E-state index contributed by atoms with van der Waals surface area (Å²) >= 11 is 1.42. The molecule has 0 saturated carbocycles. The second kappa shape index (κ2) is 8.31. The van der Waals surface area contributed by atoms with Gasteiger partial charge in [-0.05, 0) is 50.4 Å².